The normalized spacial score (nSPS) is 19.7. The first kappa shape index (κ1) is 18.7. The van der Waals surface area contributed by atoms with Gasteiger partial charge in [-0.1, -0.05) is 30.3 Å². The van der Waals surface area contributed by atoms with Gasteiger partial charge in [0, 0.05) is 35.5 Å². The molecule has 0 aromatic heterocycles. The predicted octanol–water partition coefficient (Wildman–Crippen LogP) is 3.47. The van der Waals surface area contributed by atoms with Crippen LogP contribution in [0.2, 0.25) is 0 Å². The topological polar surface area (TPSA) is 58.2 Å². The van der Waals surface area contributed by atoms with Crippen LogP contribution in [0.5, 0.6) is 0 Å². The van der Waals surface area contributed by atoms with E-state index in [-0.39, 0.29) is 28.8 Å². The van der Waals surface area contributed by atoms with Crippen LogP contribution in [0.25, 0.3) is 0 Å². The zero-order valence-corrected chi connectivity index (χ0v) is 15.3. The zero-order valence-electron chi connectivity index (χ0n) is 15.3. The highest BCUT2D eigenvalue weighted by Crippen LogP contribution is 2.28. The summed E-state index contributed by atoms with van der Waals surface area (Å²) in [5.41, 5.74) is 0.756. The summed E-state index contributed by atoms with van der Waals surface area (Å²) in [7, 11) is 0. The minimum Gasteiger partial charge on any atom is -0.353 e. The number of benzene rings is 1. The van der Waals surface area contributed by atoms with E-state index in [9.17, 15) is 9.59 Å². The second kappa shape index (κ2) is 7.47. The quantitative estimate of drug-likeness (QED) is 0.785. The smallest absolute Gasteiger partial charge is 0.220 e. The average molecular weight is 330 g/mol. The number of nitrogens with one attached hydrogen (secondary N) is 2. The van der Waals surface area contributed by atoms with Gasteiger partial charge in [0.1, 0.15) is 0 Å². The number of amides is 1. The molecule has 1 aromatic carbocycles. The van der Waals surface area contributed by atoms with E-state index in [1.807, 2.05) is 30.3 Å². The zero-order chi connectivity index (χ0) is 17.8. The molecule has 1 aromatic rings. The fourth-order valence-corrected chi connectivity index (χ4v) is 3.90. The van der Waals surface area contributed by atoms with E-state index < -0.39 is 0 Å². The lowest BCUT2D eigenvalue weighted by Gasteiger charge is -2.46. The minimum absolute atomic E-state index is 0.0168. The van der Waals surface area contributed by atoms with Gasteiger partial charge in [-0.05, 0) is 47.0 Å². The van der Waals surface area contributed by atoms with Crippen LogP contribution in [0.3, 0.4) is 0 Å². The third-order valence-electron chi connectivity index (χ3n) is 4.46. The second-order valence-corrected chi connectivity index (χ2v) is 8.21. The van der Waals surface area contributed by atoms with Crippen molar-refractivity contribution in [3.63, 3.8) is 0 Å². The van der Waals surface area contributed by atoms with Crippen molar-refractivity contribution < 1.29 is 9.59 Å². The van der Waals surface area contributed by atoms with Crippen LogP contribution in [0.1, 0.15) is 70.2 Å². The predicted molar refractivity (Wildman–Crippen MR) is 97.1 cm³/mol. The summed E-state index contributed by atoms with van der Waals surface area (Å²) in [5, 5.41) is 6.77. The number of carbonyl (C=O) groups excluding carboxylic acids is 2. The Morgan fingerprint density at radius 1 is 1.04 bits per heavy atom. The SMILES string of the molecule is CC1(C)CC(NC(=O)CCCC(=O)c2ccccc2)CC(C)(C)N1. The summed E-state index contributed by atoms with van der Waals surface area (Å²) in [5.74, 6) is 0.155. The second-order valence-electron chi connectivity index (χ2n) is 8.21. The van der Waals surface area contributed by atoms with E-state index in [1.54, 1.807) is 0 Å². The molecular weight excluding hydrogens is 300 g/mol. The van der Waals surface area contributed by atoms with Gasteiger partial charge in [-0.2, -0.15) is 0 Å². The highest BCUT2D eigenvalue weighted by Gasteiger charge is 2.37. The molecule has 0 aliphatic carbocycles. The molecule has 1 saturated heterocycles. The summed E-state index contributed by atoms with van der Waals surface area (Å²) in [6.45, 7) is 8.69. The van der Waals surface area contributed by atoms with Gasteiger partial charge in [0.2, 0.25) is 5.91 Å². The lowest BCUT2D eigenvalue weighted by molar-refractivity contribution is -0.122. The van der Waals surface area contributed by atoms with Crippen LogP contribution in [0.15, 0.2) is 30.3 Å². The molecule has 4 heteroatoms. The first-order valence-electron chi connectivity index (χ1n) is 8.84. The Labute approximate surface area is 145 Å². The number of ketones is 1. The van der Waals surface area contributed by atoms with Crippen molar-refractivity contribution in [2.24, 2.45) is 0 Å². The molecule has 1 aliphatic rings. The lowest BCUT2D eigenvalue weighted by Crippen LogP contribution is -2.62. The lowest BCUT2D eigenvalue weighted by atomic mass is 9.79. The van der Waals surface area contributed by atoms with Gasteiger partial charge in [-0.15, -0.1) is 0 Å². The van der Waals surface area contributed by atoms with Crippen molar-refractivity contribution in [1.29, 1.82) is 0 Å². The fourth-order valence-electron chi connectivity index (χ4n) is 3.90. The number of rotatable bonds is 6. The highest BCUT2D eigenvalue weighted by molar-refractivity contribution is 5.96. The van der Waals surface area contributed by atoms with Crippen LogP contribution < -0.4 is 10.6 Å². The Kier molecular flexibility index (Phi) is 5.81. The van der Waals surface area contributed by atoms with Gasteiger partial charge in [-0.3, -0.25) is 9.59 Å². The van der Waals surface area contributed by atoms with E-state index in [4.69, 9.17) is 0 Å². The molecule has 4 nitrogen and oxygen atoms in total. The summed E-state index contributed by atoms with van der Waals surface area (Å²) in [6.07, 6.45) is 3.26. The molecule has 0 atom stereocenters. The molecule has 1 heterocycles. The molecule has 1 amide bonds. The van der Waals surface area contributed by atoms with Crippen LogP contribution >= 0.6 is 0 Å². The number of hydrogen-bond donors (Lipinski definition) is 2. The minimum atomic E-state index is 0.0168. The molecule has 0 spiro atoms. The molecule has 1 fully saturated rings. The molecular formula is C20H30N2O2. The van der Waals surface area contributed by atoms with Crippen molar-refractivity contribution in [3.8, 4) is 0 Å². The number of carbonyl (C=O) groups is 2. The Hall–Kier alpha value is -1.68. The molecule has 0 unspecified atom stereocenters. The Balaban J connectivity index is 1.76. The monoisotopic (exact) mass is 330 g/mol. The summed E-state index contributed by atoms with van der Waals surface area (Å²) < 4.78 is 0. The van der Waals surface area contributed by atoms with Crippen molar-refractivity contribution in [2.45, 2.75) is 76.9 Å². The fraction of sp³-hybridized carbons (Fsp3) is 0.600. The number of hydrogen-bond acceptors (Lipinski definition) is 3. The third kappa shape index (κ3) is 5.75. The maximum absolute atomic E-state index is 12.2. The van der Waals surface area contributed by atoms with Crippen molar-refractivity contribution in [2.75, 3.05) is 0 Å². The van der Waals surface area contributed by atoms with Crippen LogP contribution in [0.4, 0.5) is 0 Å². The van der Waals surface area contributed by atoms with Crippen LogP contribution in [0, 0.1) is 0 Å². The van der Waals surface area contributed by atoms with Gasteiger partial charge < -0.3 is 10.6 Å². The van der Waals surface area contributed by atoms with E-state index in [2.05, 4.69) is 38.3 Å². The number of Topliss-reactive ketones (excluding diaryl/α,β-unsaturated/α-hetero) is 1. The molecule has 0 radical (unpaired) electrons. The third-order valence-corrected chi connectivity index (χ3v) is 4.46. The number of piperidine rings is 1. The van der Waals surface area contributed by atoms with Crippen LogP contribution in [-0.2, 0) is 4.79 Å². The summed E-state index contributed by atoms with van der Waals surface area (Å²) in [4.78, 5) is 24.3. The molecule has 2 rings (SSSR count). The molecule has 2 N–H and O–H groups in total. The van der Waals surface area contributed by atoms with E-state index in [0.717, 1.165) is 18.4 Å². The molecule has 0 saturated carbocycles. The van der Waals surface area contributed by atoms with E-state index in [1.165, 1.54) is 0 Å². The van der Waals surface area contributed by atoms with Crippen molar-refractivity contribution in [1.82, 2.24) is 10.6 Å². The van der Waals surface area contributed by atoms with Crippen molar-refractivity contribution >= 4 is 11.7 Å². The summed E-state index contributed by atoms with van der Waals surface area (Å²) in [6, 6.07) is 9.45. The van der Waals surface area contributed by atoms with Gasteiger partial charge in [-0.25, -0.2) is 0 Å². The largest absolute Gasteiger partial charge is 0.353 e. The molecule has 24 heavy (non-hydrogen) atoms. The van der Waals surface area contributed by atoms with E-state index >= 15 is 0 Å². The molecule has 132 valence electrons. The standard InChI is InChI=1S/C20H30N2O2/c1-19(2)13-16(14-20(3,4)22-19)21-18(24)12-8-11-17(23)15-9-6-5-7-10-15/h5-7,9-10,16,22H,8,11-14H2,1-4H3,(H,21,24). The first-order valence-corrected chi connectivity index (χ1v) is 8.84. The molecule has 1 aliphatic heterocycles. The van der Waals surface area contributed by atoms with Crippen LogP contribution in [-0.4, -0.2) is 28.8 Å². The van der Waals surface area contributed by atoms with Gasteiger partial charge in [0.05, 0.1) is 0 Å². The van der Waals surface area contributed by atoms with Gasteiger partial charge in [0.25, 0.3) is 0 Å². The van der Waals surface area contributed by atoms with Gasteiger partial charge in [0.15, 0.2) is 5.78 Å². The Morgan fingerprint density at radius 2 is 1.62 bits per heavy atom. The summed E-state index contributed by atoms with van der Waals surface area (Å²) >= 11 is 0. The Bertz CT molecular complexity index is 563. The maximum atomic E-state index is 12.2. The Morgan fingerprint density at radius 3 is 2.21 bits per heavy atom. The average Bonchev–Trinajstić information content (AvgIpc) is 2.44. The van der Waals surface area contributed by atoms with Crippen molar-refractivity contribution in [3.05, 3.63) is 35.9 Å². The first-order chi connectivity index (χ1) is 11.2. The van der Waals surface area contributed by atoms with Gasteiger partial charge >= 0.3 is 0 Å². The highest BCUT2D eigenvalue weighted by atomic mass is 16.1. The molecule has 0 bridgehead atoms. The van der Waals surface area contributed by atoms with E-state index in [0.29, 0.717) is 19.3 Å². The maximum Gasteiger partial charge on any atom is 0.220 e.